The van der Waals surface area contributed by atoms with E-state index in [2.05, 4.69) is 15.5 Å². The summed E-state index contributed by atoms with van der Waals surface area (Å²) in [5, 5.41) is 6.49. The van der Waals surface area contributed by atoms with Crippen LogP contribution in [0.4, 0.5) is 4.79 Å². The molecule has 0 aromatic carbocycles. The Morgan fingerprint density at radius 1 is 0.920 bits per heavy atom. The van der Waals surface area contributed by atoms with Crippen molar-refractivity contribution in [3.05, 3.63) is 0 Å². The zero-order valence-corrected chi connectivity index (χ0v) is 15.6. The fourth-order valence-electron chi connectivity index (χ4n) is 5.61. The van der Waals surface area contributed by atoms with Crippen molar-refractivity contribution in [3.8, 4) is 0 Å². The lowest BCUT2D eigenvalue weighted by Gasteiger charge is -2.43. The van der Waals surface area contributed by atoms with Gasteiger partial charge in [0.25, 0.3) is 0 Å². The number of nitrogens with zero attached hydrogens (tertiary/aromatic N) is 1. The Kier molecular flexibility index (Phi) is 5.51. The van der Waals surface area contributed by atoms with Crippen LogP contribution in [0.15, 0.2) is 0 Å². The van der Waals surface area contributed by atoms with Crippen molar-refractivity contribution in [1.29, 1.82) is 0 Å². The van der Waals surface area contributed by atoms with E-state index in [0.717, 1.165) is 45.0 Å². The van der Waals surface area contributed by atoms with E-state index in [1.54, 1.807) is 0 Å². The molecule has 4 fully saturated rings. The van der Waals surface area contributed by atoms with Crippen LogP contribution in [0, 0.1) is 0 Å². The average molecular weight is 350 g/mol. The number of carbonyl (C=O) groups is 1. The lowest BCUT2D eigenvalue weighted by molar-refractivity contribution is -0.107. The van der Waals surface area contributed by atoms with E-state index in [4.69, 9.17) is 4.74 Å². The van der Waals surface area contributed by atoms with Gasteiger partial charge >= 0.3 is 6.03 Å². The molecule has 0 aromatic heterocycles. The fraction of sp³-hybridized carbons (Fsp3) is 0.950. The van der Waals surface area contributed by atoms with Gasteiger partial charge in [0.2, 0.25) is 0 Å². The van der Waals surface area contributed by atoms with Crippen LogP contribution in [0.2, 0.25) is 0 Å². The molecule has 2 saturated heterocycles. The number of carbonyl (C=O) groups excluding carboxylic acids is 1. The third kappa shape index (κ3) is 4.30. The number of likely N-dealkylation sites (tertiary alicyclic amines) is 1. The Morgan fingerprint density at radius 3 is 2.48 bits per heavy atom. The Morgan fingerprint density at radius 2 is 1.68 bits per heavy atom. The highest BCUT2D eigenvalue weighted by Crippen LogP contribution is 2.38. The molecule has 2 aliphatic carbocycles. The van der Waals surface area contributed by atoms with Gasteiger partial charge < -0.3 is 15.4 Å². The maximum absolute atomic E-state index is 12.5. The molecule has 4 aliphatic rings. The summed E-state index contributed by atoms with van der Waals surface area (Å²) in [6.45, 7) is 2.98. The summed E-state index contributed by atoms with van der Waals surface area (Å²) in [5.41, 5.74) is 0.0566. The van der Waals surface area contributed by atoms with Crippen LogP contribution >= 0.6 is 0 Å². The Bertz CT molecular complexity index is 452. The molecule has 1 spiro atoms. The van der Waals surface area contributed by atoms with Gasteiger partial charge in [-0.25, -0.2) is 4.79 Å². The van der Waals surface area contributed by atoms with Crippen molar-refractivity contribution < 1.29 is 9.53 Å². The summed E-state index contributed by atoms with van der Waals surface area (Å²) in [6, 6.07) is 1.41. The molecule has 5 heteroatoms. The first-order valence-corrected chi connectivity index (χ1v) is 10.7. The Hall–Kier alpha value is -0.810. The maximum atomic E-state index is 12.5. The molecular formula is C20H35N3O2. The first-order valence-electron chi connectivity index (χ1n) is 10.7. The molecule has 2 N–H and O–H groups in total. The standard InChI is InChI=1S/C20H35N3O2/c24-19(22-17-8-12-23(15-17)18-6-2-3-7-18)21-16-9-13-25-20(14-16)10-4-1-5-11-20/h16-18H,1-15H2,(H2,21,22,24)/t16-,17+/m1/s1. The van der Waals surface area contributed by atoms with E-state index < -0.39 is 0 Å². The molecule has 2 heterocycles. The van der Waals surface area contributed by atoms with Gasteiger partial charge in [0.1, 0.15) is 0 Å². The predicted molar refractivity (Wildman–Crippen MR) is 98.7 cm³/mol. The summed E-state index contributed by atoms with van der Waals surface area (Å²) in [4.78, 5) is 15.1. The molecule has 2 saturated carbocycles. The van der Waals surface area contributed by atoms with Gasteiger partial charge in [-0.05, 0) is 44.9 Å². The van der Waals surface area contributed by atoms with Crippen LogP contribution in [0.3, 0.4) is 0 Å². The number of ether oxygens (including phenoxy) is 1. The van der Waals surface area contributed by atoms with E-state index >= 15 is 0 Å². The second kappa shape index (κ2) is 7.83. The SMILES string of the molecule is O=C(N[C@@H]1CCOC2(CCCCC2)C1)N[C@H]1CCN(C2CCCC2)C1. The summed E-state index contributed by atoms with van der Waals surface area (Å²) in [6.07, 6.45) is 14.7. The Balaban J connectivity index is 1.22. The van der Waals surface area contributed by atoms with Gasteiger partial charge in [-0.2, -0.15) is 0 Å². The Labute approximate surface area is 152 Å². The molecular weight excluding hydrogens is 314 g/mol. The predicted octanol–water partition coefficient (Wildman–Crippen LogP) is 3.18. The quantitative estimate of drug-likeness (QED) is 0.823. The van der Waals surface area contributed by atoms with Crippen molar-refractivity contribution in [2.75, 3.05) is 19.7 Å². The number of amides is 2. The normalized spacial score (nSPS) is 33.6. The molecule has 142 valence electrons. The van der Waals surface area contributed by atoms with Crippen molar-refractivity contribution in [2.45, 2.75) is 101 Å². The number of hydrogen-bond acceptors (Lipinski definition) is 3. The largest absolute Gasteiger partial charge is 0.375 e. The van der Waals surface area contributed by atoms with Crippen LogP contribution in [0.25, 0.3) is 0 Å². The highest BCUT2D eigenvalue weighted by Gasteiger charge is 2.39. The zero-order chi connectivity index (χ0) is 17.1. The van der Waals surface area contributed by atoms with Gasteiger partial charge in [0, 0.05) is 37.8 Å². The second-order valence-electron chi connectivity index (χ2n) is 8.82. The third-order valence-corrected chi connectivity index (χ3v) is 6.99. The smallest absolute Gasteiger partial charge is 0.315 e. The van der Waals surface area contributed by atoms with Crippen LogP contribution < -0.4 is 10.6 Å². The van der Waals surface area contributed by atoms with E-state index in [0.29, 0.717) is 6.04 Å². The molecule has 5 nitrogen and oxygen atoms in total. The third-order valence-electron chi connectivity index (χ3n) is 6.99. The fourth-order valence-corrected chi connectivity index (χ4v) is 5.61. The van der Waals surface area contributed by atoms with Crippen molar-refractivity contribution >= 4 is 6.03 Å². The van der Waals surface area contributed by atoms with Gasteiger partial charge in [-0.1, -0.05) is 32.1 Å². The molecule has 2 atom stereocenters. The van der Waals surface area contributed by atoms with Crippen LogP contribution in [-0.2, 0) is 4.74 Å². The lowest BCUT2D eigenvalue weighted by Crippen LogP contribution is -2.53. The van der Waals surface area contributed by atoms with Gasteiger partial charge in [-0.3, -0.25) is 4.90 Å². The number of hydrogen-bond donors (Lipinski definition) is 2. The summed E-state index contributed by atoms with van der Waals surface area (Å²) in [5.74, 6) is 0. The van der Waals surface area contributed by atoms with Crippen molar-refractivity contribution in [2.24, 2.45) is 0 Å². The monoisotopic (exact) mass is 349 g/mol. The molecule has 25 heavy (non-hydrogen) atoms. The molecule has 0 unspecified atom stereocenters. The minimum Gasteiger partial charge on any atom is -0.375 e. The van der Waals surface area contributed by atoms with Crippen LogP contribution in [-0.4, -0.2) is 54.4 Å². The van der Waals surface area contributed by atoms with E-state index in [1.807, 2.05) is 0 Å². The van der Waals surface area contributed by atoms with Crippen molar-refractivity contribution in [3.63, 3.8) is 0 Å². The number of nitrogens with one attached hydrogen (secondary N) is 2. The first-order chi connectivity index (χ1) is 12.2. The van der Waals surface area contributed by atoms with Gasteiger partial charge in [0.05, 0.1) is 5.60 Å². The summed E-state index contributed by atoms with van der Waals surface area (Å²) < 4.78 is 6.14. The van der Waals surface area contributed by atoms with Gasteiger partial charge in [0.15, 0.2) is 0 Å². The second-order valence-corrected chi connectivity index (χ2v) is 8.82. The number of urea groups is 1. The number of rotatable bonds is 3. The van der Waals surface area contributed by atoms with E-state index in [-0.39, 0.29) is 17.7 Å². The van der Waals surface area contributed by atoms with Crippen LogP contribution in [0.5, 0.6) is 0 Å². The lowest BCUT2D eigenvalue weighted by atomic mass is 9.78. The van der Waals surface area contributed by atoms with Gasteiger partial charge in [-0.15, -0.1) is 0 Å². The minimum atomic E-state index is 0.0381. The van der Waals surface area contributed by atoms with Crippen LogP contribution in [0.1, 0.15) is 77.0 Å². The molecule has 0 bridgehead atoms. The average Bonchev–Trinajstić information content (AvgIpc) is 3.27. The first kappa shape index (κ1) is 17.6. The molecule has 2 aliphatic heterocycles. The topological polar surface area (TPSA) is 53.6 Å². The highest BCUT2D eigenvalue weighted by molar-refractivity contribution is 5.74. The van der Waals surface area contributed by atoms with E-state index in [9.17, 15) is 4.79 Å². The molecule has 2 amide bonds. The minimum absolute atomic E-state index is 0.0381. The molecule has 4 rings (SSSR count). The maximum Gasteiger partial charge on any atom is 0.315 e. The van der Waals surface area contributed by atoms with E-state index in [1.165, 1.54) is 57.8 Å². The molecule has 0 aromatic rings. The highest BCUT2D eigenvalue weighted by atomic mass is 16.5. The molecule has 0 radical (unpaired) electrons. The summed E-state index contributed by atoms with van der Waals surface area (Å²) in [7, 11) is 0. The summed E-state index contributed by atoms with van der Waals surface area (Å²) >= 11 is 0. The zero-order valence-electron chi connectivity index (χ0n) is 15.6. The van der Waals surface area contributed by atoms with Crippen molar-refractivity contribution in [1.82, 2.24) is 15.5 Å².